The number of pyridine rings is 1. The van der Waals surface area contributed by atoms with Crippen LogP contribution in [-0.4, -0.2) is 54.6 Å². The van der Waals surface area contributed by atoms with Gasteiger partial charge in [0.05, 0.1) is 19.8 Å². The van der Waals surface area contributed by atoms with Gasteiger partial charge in [-0.3, -0.25) is 4.79 Å². The number of rotatable bonds is 6. The number of aromatic nitrogens is 1. The van der Waals surface area contributed by atoms with E-state index in [0.29, 0.717) is 43.8 Å². The molecule has 1 aromatic rings. The molecule has 4 rings (SSSR count). The second kappa shape index (κ2) is 7.20. The number of nitrogens with one attached hydrogen (secondary N) is 2. The monoisotopic (exact) mass is 360 g/mol. The Morgan fingerprint density at radius 2 is 2.31 bits per heavy atom. The molecular weight excluding hydrogens is 336 g/mol. The summed E-state index contributed by atoms with van der Waals surface area (Å²) >= 11 is 0. The van der Waals surface area contributed by atoms with Crippen LogP contribution < -0.4 is 15.4 Å². The number of methoxy groups -OCH3 is 1. The quantitative estimate of drug-likeness (QED) is 0.778. The molecule has 1 saturated carbocycles. The van der Waals surface area contributed by atoms with Crippen LogP contribution in [0.3, 0.4) is 0 Å². The van der Waals surface area contributed by atoms with Crippen LogP contribution in [0.5, 0.6) is 5.88 Å². The minimum absolute atomic E-state index is 0.0242. The van der Waals surface area contributed by atoms with Crippen molar-refractivity contribution in [1.29, 1.82) is 0 Å². The first-order valence-corrected chi connectivity index (χ1v) is 9.05. The van der Waals surface area contributed by atoms with Crippen LogP contribution >= 0.6 is 0 Å². The van der Waals surface area contributed by atoms with Crippen molar-refractivity contribution in [3.63, 3.8) is 0 Å². The van der Waals surface area contributed by atoms with E-state index in [-0.39, 0.29) is 11.9 Å². The minimum Gasteiger partial charge on any atom is -0.481 e. The van der Waals surface area contributed by atoms with Crippen molar-refractivity contribution >= 4 is 11.6 Å². The van der Waals surface area contributed by atoms with E-state index >= 15 is 0 Å². The van der Waals surface area contributed by atoms with E-state index in [2.05, 4.69) is 20.8 Å². The van der Waals surface area contributed by atoms with Crippen LogP contribution in [-0.2, 0) is 20.9 Å². The molecule has 3 heterocycles. The van der Waals surface area contributed by atoms with Gasteiger partial charge in [-0.2, -0.15) is 0 Å². The molecule has 26 heavy (non-hydrogen) atoms. The summed E-state index contributed by atoms with van der Waals surface area (Å²) in [5.74, 6) is 0.483. The van der Waals surface area contributed by atoms with Gasteiger partial charge >= 0.3 is 0 Å². The number of amides is 1. The molecule has 0 unspecified atom stereocenters. The average molecular weight is 360 g/mol. The van der Waals surface area contributed by atoms with Gasteiger partial charge in [0.1, 0.15) is 5.71 Å². The van der Waals surface area contributed by atoms with Gasteiger partial charge in [0, 0.05) is 37.4 Å². The van der Waals surface area contributed by atoms with Crippen molar-refractivity contribution in [2.45, 2.75) is 49.9 Å². The first-order chi connectivity index (χ1) is 12.7. The Labute approximate surface area is 152 Å². The van der Waals surface area contributed by atoms with Gasteiger partial charge in [-0.25, -0.2) is 4.98 Å². The Hall–Kier alpha value is -2.19. The van der Waals surface area contributed by atoms with E-state index < -0.39 is 5.60 Å². The van der Waals surface area contributed by atoms with E-state index in [1.165, 1.54) is 0 Å². The smallest absolute Gasteiger partial charge is 0.269 e. The number of ether oxygens (including phenoxy) is 2. The summed E-state index contributed by atoms with van der Waals surface area (Å²) in [5, 5.41) is 10.6. The number of nitrogens with zero attached hydrogens (tertiary/aromatic N) is 2. The molecule has 1 amide bonds. The predicted octanol–water partition coefficient (Wildman–Crippen LogP) is 0.762. The fraction of sp³-hybridized carbons (Fsp3) is 0.611. The standard InChI is InChI=1S/C18H24N4O4/c1-24-17-12(3-2-7-19-17)10-20-15-6-8-25-11-18(15)9-14(22-26-18)16(23)21-13-4-5-13/h2-3,7,13,15,20H,4-6,8-11H2,1H3,(H,21,23)/t15-,18+/m1/s1. The van der Waals surface area contributed by atoms with Crippen molar-refractivity contribution in [1.82, 2.24) is 15.6 Å². The van der Waals surface area contributed by atoms with Crippen molar-refractivity contribution in [3.05, 3.63) is 23.9 Å². The molecule has 140 valence electrons. The Morgan fingerprint density at radius 1 is 1.42 bits per heavy atom. The topological polar surface area (TPSA) is 94.1 Å². The third kappa shape index (κ3) is 3.52. The molecule has 0 aromatic carbocycles. The first kappa shape index (κ1) is 17.2. The van der Waals surface area contributed by atoms with E-state index in [4.69, 9.17) is 14.3 Å². The summed E-state index contributed by atoms with van der Waals surface area (Å²) in [6, 6.07) is 4.19. The van der Waals surface area contributed by atoms with Crippen molar-refractivity contribution < 1.29 is 19.1 Å². The van der Waals surface area contributed by atoms with Crippen LogP contribution in [0.1, 0.15) is 31.2 Å². The minimum atomic E-state index is -0.635. The summed E-state index contributed by atoms with van der Waals surface area (Å²) in [5.41, 5.74) is 0.791. The maximum Gasteiger partial charge on any atom is 0.269 e. The van der Waals surface area contributed by atoms with Gasteiger partial charge in [-0.05, 0) is 25.3 Å². The zero-order chi connectivity index (χ0) is 18.0. The molecular formula is C18H24N4O4. The fourth-order valence-electron chi connectivity index (χ4n) is 3.45. The number of carbonyl (C=O) groups is 1. The number of carbonyl (C=O) groups excluding carboxylic acids is 1. The Morgan fingerprint density at radius 3 is 3.12 bits per heavy atom. The van der Waals surface area contributed by atoms with Gasteiger partial charge in [0.25, 0.3) is 5.91 Å². The number of hydrogen-bond acceptors (Lipinski definition) is 7. The van der Waals surface area contributed by atoms with Crippen LogP contribution in [0.4, 0.5) is 0 Å². The molecule has 1 spiro atoms. The molecule has 1 aromatic heterocycles. The summed E-state index contributed by atoms with van der Waals surface area (Å²) in [6.45, 7) is 1.66. The maximum atomic E-state index is 12.3. The SMILES string of the molecule is COc1ncccc1CN[C@@H]1CCOC[C@@]12CC(C(=O)NC1CC1)=NO2. The van der Waals surface area contributed by atoms with Gasteiger partial charge in [-0.15, -0.1) is 0 Å². The van der Waals surface area contributed by atoms with Crippen molar-refractivity contribution in [3.8, 4) is 5.88 Å². The zero-order valence-corrected chi connectivity index (χ0v) is 14.9. The van der Waals surface area contributed by atoms with Crippen LogP contribution in [0.25, 0.3) is 0 Å². The van der Waals surface area contributed by atoms with Gasteiger partial charge < -0.3 is 24.9 Å². The van der Waals surface area contributed by atoms with E-state index in [1.54, 1.807) is 13.3 Å². The van der Waals surface area contributed by atoms with E-state index in [9.17, 15) is 4.79 Å². The largest absolute Gasteiger partial charge is 0.481 e. The van der Waals surface area contributed by atoms with Gasteiger partial charge in [-0.1, -0.05) is 11.2 Å². The average Bonchev–Trinajstić information content (AvgIpc) is 3.39. The third-order valence-corrected chi connectivity index (χ3v) is 5.09. The molecule has 1 saturated heterocycles. The Bertz CT molecular complexity index is 706. The van der Waals surface area contributed by atoms with Crippen LogP contribution in [0, 0.1) is 0 Å². The van der Waals surface area contributed by atoms with Gasteiger partial charge in [0.2, 0.25) is 5.88 Å². The maximum absolute atomic E-state index is 12.3. The predicted molar refractivity (Wildman–Crippen MR) is 93.9 cm³/mol. The second-order valence-corrected chi connectivity index (χ2v) is 7.07. The van der Waals surface area contributed by atoms with E-state index in [1.807, 2.05) is 12.1 Å². The summed E-state index contributed by atoms with van der Waals surface area (Å²) in [7, 11) is 1.61. The van der Waals surface area contributed by atoms with Crippen molar-refractivity contribution in [2.24, 2.45) is 5.16 Å². The van der Waals surface area contributed by atoms with Crippen LogP contribution in [0.2, 0.25) is 0 Å². The highest BCUT2D eigenvalue weighted by Gasteiger charge is 2.50. The second-order valence-electron chi connectivity index (χ2n) is 7.07. The molecule has 1 aliphatic carbocycles. The molecule has 0 bridgehead atoms. The third-order valence-electron chi connectivity index (χ3n) is 5.09. The molecule has 0 radical (unpaired) electrons. The summed E-state index contributed by atoms with van der Waals surface area (Å²) < 4.78 is 11.0. The first-order valence-electron chi connectivity index (χ1n) is 9.05. The Balaban J connectivity index is 1.41. The summed E-state index contributed by atoms with van der Waals surface area (Å²) in [4.78, 5) is 22.3. The highest BCUT2D eigenvalue weighted by molar-refractivity contribution is 6.39. The highest BCUT2D eigenvalue weighted by Crippen LogP contribution is 2.33. The fourth-order valence-corrected chi connectivity index (χ4v) is 3.45. The van der Waals surface area contributed by atoms with Gasteiger partial charge in [0.15, 0.2) is 5.60 Å². The lowest BCUT2D eigenvalue weighted by atomic mass is 9.86. The molecule has 2 fully saturated rings. The molecule has 8 heteroatoms. The highest BCUT2D eigenvalue weighted by atomic mass is 16.7. The van der Waals surface area contributed by atoms with Crippen molar-refractivity contribution in [2.75, 3.05) is 20.3 Å². The molecule has 2 atom stereocenters. The molecule has 2 N–H and O–H groups in total. The lowest BCUT2D eigenvalue weighted by Crippen LogP contribution is -2.57. The molecule has 2 aliphatic heterocycles. The zero-order valence-electron chi connectivity index (χ0n) is 14.9. The lowest BCUT2D eigenvalue weighted by molar-refractivity contribution is -0.131. The normalized spacial score (nSPS) is 27.7. The molecule has 8 nitrogen and oxygen atoms in total. The number of oxime groups is 1. The number of hydrogen-bond donors (Lipinski definition) is 2. The van der Waals surface area contributed by atoms with E-state index in [0.717, 1.165) is 24.8 Å². The summed E-state index contributed by atoms with van der Waals surface area (Å²) in [6.07, 6.45) is 5.04. The Kier molecular flexibility index (Phi) is 4.78. The molecule has 3 aliphatic rings. The lowest BCUT2D eigenvalue weighted by Gasteiger charge is -2.39. The van der Waals surface area contributed by atoms with Crippen LogP contribution in [0.15, 0.2) is 23.5 Å².